The van der Waals surface area contributed by atoms with E-state index in [1.165, 1.54) is 6.42 Å². The Labute approximate surface area is 77.9 Å². The van der Waals surface area contributed by atoms with Gasteiger partial charge in [-0.1, -0.05) is 12.2 Å². The van der Waals surface area contributed by atoms with Gasteiger partial charge in [-0.05, 0) is 12.3 Å². The molecule has 0 amide bonds. The van der Waals surface area contributed by atoms with Crippen molar-refractivity contribution in [3.63, 3.8) is 0 Å². The lowest BCUT2D eigenvalue weighted by Crippen LogP contribution is -2.29. The fraction of sp³-hybridized carbons (Fsp3) is 0.818. The maximum atomic E-state index is 5.80. The SMILES string of the molecule is COC12[C@H]3[C@@H]4CCO[C@@H]4[C@@H]1C=C[C@H]32. The van der Waals surface area contributed by atoms with Gasteiger partial charge in [0.05, 0.1) is 11.7 Å². The van der Waals surface area contributed by atoms with Crippen molar-refractivity contribution in [2.24, 2.45) is 23.7 Å². The summed E-state index contributed by atoms with van der Waals surface area (Å²) < 4.78 is 11.6. The van der Waals surface area contributed by atoms with Crippen molar-refractivity contribution in [2.45, 2.75) is 18.1 Å². The topological polar surface area (TPSA) is 18.5 Å². The van der Waals surface area contributed by atoms with Gasteiger partial charge in [-0.2, -0.15) is 0 Å². The Balaban J connectivity index is 1.82. The summed E-state index contributed by atoms with van der Waals surface area (Å²) in [5.74, 6) is 2.88. The minimum atomic E-state index is 0.190. The van der Waals surface area contributed by atoms with E-state index in [2.05, 4.69) is 12.2 Å². The van der Waals surface area contributed by atoms with Crippen LogP contribution >= 0.6 is 0 Å². The molecule has 0 bridgehead atoms. The standard InChI is InChI=1S/C11H14O2/c1-12-11-7-2-3-8(11)10-6(9(7)11)4-5-13-10/h2-3,6-10H,4-5H2,1H3/t6-,7+,8-,9-,10-,11?/m0/s1. The van der Waals surface area contributed by atoms with E-state index >= 15 is 0 Å². The predicted molar refractivity (Wildman–Crippen MR) is 47.2 cm³/mol. The van der Waals surface area contributed by atoms with Gasteiger partial charge in [0.15, 0.2) is 0 Å². The third-order valence-electron chi connectivity index (χ3n) is 4.72. The molecule has 1 unspecified atom stereocenters. The molecule has 6 atom stereocenters. The lowest BCUT2D eigenvalue weighted by atomic mass is 9.94. The third-order valence-corrected chi connectivity index (χ3v) is 4.72. The summed E-state index contributed by atoms with van der Waals surface area (Å²) in [6.07, 6.45) is 6.44. The molecule has 0 aromatic rings. The molecule has 70 valence electrons. The van der Waals surface area contributed by atoms with Crippen molar-refractivity contribution in [1.82, 2.24) is 0 Å². The molecule has 4 aliphatic rings. The van der Waals surface area contributed by atoms with Gasteiger partial charge in [0, 0.05) is 31.5 Å². The smallest absolute Gasteiger partial charge is 0.0870 e. The highest BCUT2D eigenvalue weighted by molar-refractivity contribution is 5.40. The molecule has 1 saturated heterocycles. The summed E-state index contributed by atoms with van der Waals surface area (Å²) in [4.78, 5) is 0. The van der Waals surface area contributed by atoms with Gasteiger partial charge in [-0.3, -0.25) is 0 Å². The van der Waals surface area contributed by atoms with E-state index in [-0.39, 0.29) is 5.60 Å². The van der Waals surface area contributed by atoms with Gasteiger partial charge in [0.2, 0.25) is 0 Å². The second-order valence-electron chi connectivity index (χ2n) is 4.81. The van der Waals surface area contributed by atoms with Crippen LogP contribution in [0.1, 0.15) is 6.42 Å². The lowest BCUT2D eigenvalue weighted by Gasteiger charge is -2.22. The molecule has 3 aliphatic carbocycles. The number of rotatable bonds is 1. The van der Waals surface area contributed by atoms with Crippen LogP contribution in [0, 0.1) is 23.7 Å². The summed E-state index contributed by atoms with van der Waals surface area (Å²) in [7, 11) is 1.87. The summed E-state index contributed by atoms with van der Waals surface area (Å²) in [5.41, 5.74) is 0.190. The molecule has 2 saturated carbocycles. The Bertz CT molecular complexity index is 298. The van der Waals surface area contributed by atoms with Crippen molar-refractivity contribution >= 4 is 0 Å². The van der Waals surface area contributed by atoms with E-state index in [4.69, 9.17) is 9.47 Å². The zero-order chi connectivity index (χ0) is 8.63. The van der Waals surface area contributed by atoms with E-state index in [9.17, 15) is 0 Å². The maximum Gasteiger partial charge on any atom is 0.0870 e. The summed E-state index contributed by atoms with van der Waals surface area (Å²) in [6, 6.07) is 0. The maximum absolute atomic E-state index is 5.80. The van der Waals surface area contributed by atoms with Crippen LogP contribution in [0.4, 0.5) is 0 Å². The van der Waals surface area contributed by atoms with Crippen LogP contribution in [-0.2, 0) is 9.47 Å². The largest absolute Gasteiger partial charge is 0.377 e. The Morgan fingerprint density at radius 1 is 1.38 bits per heavy atom. The minimum absolute atomic E-state index is 0.190. The van der Waals surface area contributed by atoms with E-state index < -0.39 is 0 Å². The van der Waals surface area contributed by atoms with Crippen molar-refractivity contribution < 1.29 is 9.47 Å². The first-order valence-electron chi connectivity index (χ1n) is 5.24. The molecule has 1 heterocycles. The molecule has 0 N–H and O–H groups in total. The van der Waals surface area contributed by atoms with Gasteiger partial charge in [0.1, 0.15) is 0 Å². The Kier molecular flexibility index (Phi) is 1.01. The van der Waals surface area contributed by atoms with Crippen LogP contribution in [-0.4, -0.2) is 25.4 Å². The number of hydrogen-bond donors (Lipinski definition) is 0. The second kappa shape index (κ2) is 1.86. The molecular formula is C11H14O2. The van der Waals surface area contributed by atoms with Crippen LogP contribution in [0.5, 0.6) is 0 Å². The summed E-state index contributed by atoms with van der Waals surface area (Å²) >= 11 is 0. The molecule has 3 fully saturated rings. The summed E-state index contributed by atoms with van der Waals surface area (Å²) in [5, 5.41) is 0. The summed E-state index contributed by atoms with van der Waals surface area (Å²) in [6.45, 7) is 0.975. The number of ether oxygens (including phenoxy) is 2. The number of methoxy groups -OCH3 is 1. The van der Waals surface area contributed by atoms with Gasteiger partial charge < -0.3 is 9.47 Å². The van der Waals surface area contributed by atoms with E-state index in [0.717, 1.165) is 24.4 Å². The van der Waals surface area contributed by atoms with Gasteiger partial charge in [-0.15, -0.1) is 0 Å². The second-order valence-corrected chi connectivity index (χ2v) is 4.81. The fourth-order valence-corrected chi connectivity index (χ4v) is 4.30. The van der Waals surface area contributed by atoms with Crippen LogP contribution < -0.4 is 0 Å². The van der Waals surface area contributed by atoms with Gasteiger partial charge in [0.25, 0.3) is 0 Å². The first kappa shape index (κ1) is 7.02. The predicted octanol–water partition coefficient (Wildman–Crippen LogP) is 1.22. The van der Waals surface area contributed by atoms with Crippen molar-refractivity contribution in [1.29, 1.82) is 0 Å². The average Bonchev–Trinajstić information content (AvgIpc) is 2.56. The molecule has 1 aliphatic heterocycles. The third kappa shape index (κ3) is 0.522. The highest BCUT2D eigenvalue weighted by Gasteiger charge is 2.80. The Hall–Kier alpha value is -0.340. The van der Waals surface area contributed by atoms with Crippen LogP contribution in [0.25, 0.3) is 0 Å². The normalized spacial score (nSPS) is 65.5. The molecule has 0 aromatic heterocycles. The van der Waals surface area contributed by atoms with E-state index in [1.54, 1.807) is 0 Å². The fourth-order valence-electron chi connectivity index (χ4n) is 4.30. The molecule has 0 aromatic carbocycles. The number of fused-ring (bicyclic) bond motifs is 4. The monoisotopic (exact) mass is 178 g/mol. The molecule has 4 rings (SSSR count). The quantitative estimate of drug-likeness (QED) is 0.562. The van der Waals surface area contributed by atoms with E-state index in [0.29, 0.717) is 12.0 Å². The molecule has 2 heteroatoms. The van der Waals surface area contributed by atoms with Crippen LogP contribution in [0.15, 0.2) is 12.2 Å². The molecule has 0 spiro atoms. The zero-order valence-electron chi connectivity index (χ0n) is 7.77. The average molecular weight is 178 g/mol. The molecule has 2 nitrogen and oxygen atoms in total. The molecule has 13 heavy (non-hydrogen) atoms. The highest BCUT2D eigenvalue weighted by atomic mass is 16.5. The Morgan fingerprint density at radius 2 is 2.23 bits per heavy atom. The lowest BCUT2D eigenvalue weighted by molar-refractivity contribution is -0.00545. The van der Waals surface area contributed by atoms with Gasteiger partial charge in [-0.25, -0.2) is 0 Å². The van der Waals surface area contributed by atoms with Crippen LogP contribution in [0.2, 0.25) is 0 Å². The first-order chi connectivity index (χ1) is 6.39. The zero-order valence-corrected chi connectivity index (χ0v) is 7.77. The van der Waals surface area contributed by atoms with E-state index in [1.807, 2.05) is 7.11 Å². The van der Waals surface area contributed by atoms with Crippen molar-refractivity contribution in [2.75, 3.05) is 13.7 Å². The van der Waals surface area contributed by atoms with Crippen molar-refractivity contribution in [3.05, 3.63) is 12.2 Å². The number of hydrogen-bond acceptors (Lipinski definition) is 2. The highest BCUT2D eigenvalue weighted by Crippen LogP contribution is 2.74. The Morgan fingerprint density at radius 3 is 3.08 bits per heavy atom. The first-order valence-corrected chi connectivity index (χ1v) is 5.24. The molecule has 0 radical (unpaired) electrons. The minimum Gasteiger partial charge on any atom is -0.377 e. The van der Waals surface area contributed by atoms with Crippen molar-refractivity contribution in [3.8, 4) is 0 Å². The molecular weight excluding hydrogens is 164 g/mol. The van der Waals surface area contributed by atoms with Crippen LogP contribution in [0.3, 0.4) is 0 Å². The van der Waals surface area contributed by atoms with Gasteiger partial charge >= 0.3 is 0 Å².